The molecule has 0 aromatic heterocycles. The number of aryl methyl sites for hydroxylation is 2. The van der Waals surface area contributed by atoms with Crippen LogP contribution in [0.3, 0.4) is 0 Å². The Morgan fingerprint density at radius 3 is 2.48 bits per heavy atom. The van der Waals surface area contributed by atoms with E-state index in [1.165, 1.54) is 42.0 Å². The van der Waals surface area contributed by atoms with Gasteiger partial charge in [-0.1, -0.05) is 34.1 Å². The average molecular weight is 348 g/mol. The van der Waals surface area contributed by atoms with Crippen molar-refractivity contribution in [1.82, 2.24) is 5.32 Å². The molecule has 0 aliphatic heterocycles. The topological polar surface area (TPSA) is 12.0 Å². The summed E-state index contributed by atoms with van der Waals surface area (Å²) in [5.41, 5.74) is 5.07. The maximum Gasteiger partial charge on any atom is 0.124 e. The van der Waals surface area contributed by atoms with Crippen LogP contribution in [0.1, 0.15) is 41.1 Å². The lowest BCUT2D eigenvalue weighted by Gasteiger charge is -2.22. The lowest BCUT2D eigenvalue weighted by atomic mass is 9.88. The van der Waals surface area contributed by atoms with Crippen molar-refractivity contribution in [1.29, 1.82) is 0 Å². The van der Waals surface area contributed by atoms with Gasteiger partial charge in [-0.05, 0) is 73.2 Å². The fourth-order valence-electron chi connectivity index (χ4n) is 3.20. The molecule has 0 saturated heterocycles. The van der Waals surface area contributed by atoms with Gasteiger partial charge in [0.15, 0.2) is 0 Å². The van der Waals surface area contributed by atoms with Gasteiger partial charge in [-0.3, -0.25) is 0 Å². The highest BCUT2D eigenvalue weighted by atomic mass is 79.9. The number of hydrogen-bond acceptors (Lipinski definition) is 1. The Hall–Kier alpha value is -1.19. The van der Waals surface area contributed by atoms with Crippen molar-refractivity contribution in [2.24, 2.45) is 0 Å². The molecule has 2 aromatic rings. The fraction of sp³-hybridized carbons (Fsp3) is 0.333. The summed E-state index contributed by atoms with van der Waals surface area (Å²) in [4.78, 5) is 0. The second-order valence-corrected chi connectivity index (χ2v) is 6.58. The number of rotatable bonds is 3. The number of halogens is 2. The normalized spacial score (nSPS) is 15.6. The summed E-state index contributed by atoms with van der Waals surface area (Å²) in [5, 5.41) is 3.31. The molecule has 1 atom stereocenters. The van der Waals surface area contributed by atoms with E-state index in [1.54, 1.807) is 6.07 Å². The summed E-state index contributed by atoms with van der Waals surface area (Å²) in [7, 11) is 1.92. The molecule has 0 radical (unpaired) electrons. The Morgan fingerprint density at radius 2 is 1.76 bits per heavy atom. The van der Waals surface area contributed by atoms with Crippen LogP contribution in [0.2, 0.25) is 0 Å². The number of fused-ring (bicyclic) bond motifs is 1. The first kappa shape index (κ1) is 14.7. The highest BCUT2D eigenvalue weighted by molar-refractivity contribution is 9.10. The predicted octanol–water partition coefficient (Wildman–Crippen LogP) is 4.78. The van der Waals surface area contributed by atoms with Crippen LogP contribution in [0.5, 0.6) is 0 Å². The molecule has 3 rings (SSSR count). The quantitative estimate of drug-likeness (QED) is 0.842. The van der Waals surface area contributed by atoms with E-state index in [2.05, 4.69) is 39.4 Å². The average Bonchev–Trinajstić information content (AvgIpc) is 2.47. The van der Waals surface area contributed by atoms with Crippen LogP contribution in [-0.2, 0) is 12.8 Å². The Labute approximate surface area is 133 Å². The first-order valence-corrected chi connectivity index (χ1v) is 8.21. The van der Waals surface area contributed by atoms with Crippen molar-refractivity contribution in [2.45, 2.75) is 31.7 Å². The minimum atomic E-state index is -0.211. The fourth-order valence-corrected chi connectivity index (χ4v) is 3.68. The lowest BCUT2D eigenvalue weighted by Crippen LogP contribution is -2.18. The molecule has 1 aliphatic rings. The summed E-state index contributed by atoms with van der Waals surface area (Å²) >= 11 is 3.38. The van der Waals surface area contributed by atoms with E-state index in [1.807, 2.05) is 13.1 Å². The Balaban J connectivity index is 1.99. The van der Waals surface area contributed by atoms with Crippen LogP contribution in [0.4, 0.5) is 4.39 Å². The van der Waals surface area contributed by atoms with E-state index in [0.717, 1.165) is 16.5 Å². The first-order valence-electron chi connectivity index (χ1n) is 7.42. The van der Waals surface area contributed by atoms with Gasteiger partial charge >= 0.3 is 0 Å². The minimum Gasteiger partial charge on any atom is -0.309 e. The van der Waals surface area contributed by atoms with Gasteiger partial charge in [-0.25, -0.2) is 4.39 Å². The molecule has 1 unspecified atom stereocenters. The van der Waals surface area contributed by atoms with Crippen molar-refractivity contribution < 1.29 is 4.39 Å². The minimum absolute atomic E-state index is 0.0178. The SMILES string of the molecule is CNC(c1cc(F)cc(Br)c1)c1ccc2c(c1)CCCC2. The van der Waals surface area contributed by atoms with Gasteiger partial charge in [0.1, 0.15) is 5.82 Å². The van der Waals surface area contributed by atoms with Gasteiger partial charge in [0.2, 0.25) is 0 Å². The molecular weight excluding hydrogens is 329 g/mol. The molecular formula is C18H19BrFN. The van der Waals surface area contributed by atoms with E-state index in [0.29, 0.717) is 0 Å². The maximum absolute atomic E-state index is 13.7. The van der Waals surface area contributed by atoms with Crippen molar-refractivity contribution in [2.75, 3.05) is 7.05 Å². The first-order chi connectivity index (χ1) is 10.2. The molecule has 1 nitrogen and oxygen atoms in total. The molecule has 0 saturated carbocycles. The van der Waals surface area contributed by atoms with E-state index in [4.69, 9.17) is 0 Å². The summed E-state index contributed by atoms with van der Waals surface area (Å²) in [6.45, 7) is 0. The molecule has 0 amide bonds. The molecule has 0 heterocycles. The van der Waals surface area contributed by atoms with Gasteiger partial charge in [0.05, 0.1) is 6.04 Å². The highest BCUT2D eigenvalue weighted by Gasteiger charge is 2.16. The second kappa shape index (κ2) is 6.29. The zero-order chi connectivity index (χ0) is 14.8. The molecule has 3 heteroatoms. The molecule has 110 valence electrons. The van der Waals surface area contributed by atoms with Crippen LogP contribution in [0, 0.1) is 5.82 Å². The van der Waals surface area contributed by atoms with Gasteiger partial charge in [-0.15, -0.1) is 0 Å². The highest BCUT2D eigenvalue weighted by Crippen LogP contribution is 2.29. The van der Waals surface area contributed by atoms with Gasteiger partial charge in [0.25, 0.3) is 0 Å². The Bertz CT molecular complexity index is 633. The lowest BCUT2D eigenvalue weighted by molar-refractivity contribution is 0.615. The zero-order valence-electron chi connectivity index (χ0n) is 12.1. The third-order valence-electron chi connectivity index (χ3n) is 4.21. The summed E-state index contributed by atoms with van der Waals surface area (Å²) in [6.07, 6.45) is 4.91. The van der Waals surface area contributed by atoms with Crippen molar-refractivity contribution in [3.05, 3.63) is 68.9 Å². The van der Waals surface area contributed by atoms with Crippen LogP contribution < -0.4 is 5.32 Å². The van der Waals surface area contributed by atoms with E-state index in [-0.39, 0.29) is 11.9 Å². The van der Waals surface area contributed by atoms with Crippen molar-refractivity contribution in [3.63, 3.8) is 0 Å². The molecule has 21 heavy (non-hydrogen) atoms. The van der Waals surface area contributed by atoms with Crippen LogP contribution >= 0.6 is 15.9 Å². The van der Waals surface area contributed by atoms with Crippen molar-refractivity contribution in [3.8, 4) is 0 Å². The molecule has 0 fully saturated rings. The number of nitrogens with one attached hydrogen (secondary N) is 1. The molecule has 0 spiro atoms. The van der Waals surface area contributed by atoms with E-state index < -0.39 is 0 Å². The van der Waals surface area contributed by atoms with E-state index >= 15 is 0 Å². The molecule has 0 bridgehead atoms. The van der Waals surface area contributed by atoms with E-state index in [9.17, 15) is 4.39 Å². The Kier molecular flexibility index (Phi) is 4.41. The summed E-state index contributed by atoms with van der Waals surface area (Å²) < 4.78 is 14.4. The van der Waals surface area contributed by atoms with Gasteiger partial charge < -0.3 is 5.32 Å². The Morgan fingerprint density at radius 1 is 1.00 bits per heavy atom. The standard InChI is InChI=1S/C18H19BrFN/c1-21-18(15-9-16(19)11-17(20)10-15)14-7-6-12-4-2-3-5-13(12)8-14/h6-11,18,21H,2-5H2,1H3. The smallest absolute Gasteiger partial charge is 0.124 e. The van der Waals surface area contributed by atoms with Gasteiger partial charge in [0, 0.05) is 4.47 Å². The molecule has 1 aliphatic carbocycles. The van der Waals surface area contributed by atoms with Crippen LogP contribution in [-0.4, -0.2) is 7.05 Å². The monoisotopic (exact) mass is 347 g/mol. The number of hydrogen-bond donors (Lipinski definition) is 1. The maximum atomic E-state index is 13.7. The van der Waals surface area contributed by atoms with Crippen LogP contribution in [0.15, 0.2) is 40.9 Å². The number of benzene rings is 2. The molecule has 2 aromatic carbocycles. The largest absolute Gasteiger partial charge is 0.309 e. The third kappa shape index (κ3) is 3.19. The molecule has 1 N–H and O–H groups in total. The third-order valence-corrected chi connectivity index (χ3v) is 4.67. The second-order valence-electron chi connectivity index (χ2n) is 5.66. The van der Waals surface area contributed by atoms with Crippen molar-refractivity contribution >= 4 is 15.9 Å². The predicted molar refractivity (Wildman–Crippen MR) is 88.1 cm³/mol. The summed E-state index contributed by atoms with van der Waals surface area (Å²) in [5.74, 6) is -0.211. The zero-order valence-corrected chi connectivity index (χ0v) is 13.7. The van der Waals surface area contributed by atoms with Crippen LogP contribution in [0.25, 0.3) is 0 Å². The summed E-state index contributed by atoms with van der Waals surface area (Å²) in [6, 6.07) is 11.8. The van der Waals surface area contributed by atoms with Gasteiger partial charge in [-0.2, -0.15) is 0 Å².